The van der Waals surface area contributed by atoms with Crippen LogP contribution in [0.3, 0.4) is 0 Å². The lowest BCUT2D eigenvalue weighted by Gasteiger charge is -2.38. The lowest BCUT2D eigenvalue weighted by atomic mass is 9.66. The van der Waals surface area contributed by atoms with Crippen molar-refractivity contribution in [3.63, 3.8) is 0 Å². The van der Waals surface area contributed by atoms with Crippen molar-refractivity contribution >= 4 is 10.9 Å². The SMILES string of the molecule is COc1cccc2c(C3CCCCC3(C)C)c[nH]c12. The van der Waals surface area contributed by atoms with Crippen LogP contribution in [0.2, 0.25) is 0 Å². The Kier molecular flexibility index (Phi) is 3.04. The van der Waals surface area contributed by atoms with Crippen LogP contribution in [0, 0.1) is 5.41 Å². The van der Waals surface area contributed by atoms with Gasteiger partial charge in [0, 0.05) is 11.6 Å². The van der Waals surface area contributed by atoms with E-state index in [0.717, 1.165) is 11.3 Å². The van der Waals surface area contributed by atoms with Gasteiger partial charge in [0.2, 0.25) is 0 Å². The minimum absolute atomic E-state index is 0.399. The molecule has 2 aromatic rings. The van der Waals surface area contributed by atoms with E-state index < -0.39 is 0 Å². The highest BCUT2D eigenvalue weighted by atomic mass is 16.5. The molecular formula is C17H23NO. The van der Waals surface area contributed by atoms with Gasteiger partial charge in [0.05, 0.1) is 12.6 Å². The van der Waals surface area contributed by atoms with Crippen molar-refractivity contribution in [1.82, 2.24) is 4.98 Å². The van der Waals surface area contributed by atoms with Gasteiger partial charge in [-0.15, -0.1) is 0 Å². The van der Waals surface area contributed by atoms with Crippen LogP contribution in [0.25, 0.3) is 10.9 Å². The van der Waals surface area contributed by atoms with Crippen LogP contribution in [-0.4, -0.2) is 12.1 Å². The maximum atomic E-state index is 5.45. The van der Waals surface area contributed by atoms with Gasteiger partial charge < -0.3 is 9.72 Å². The highest BCUT2D eigenvalue weighted by molar-refractivity contribution is 5.88. The minimum Gasteiger partial charge on any atom is -0.495 e. The van der Waals surface area contributed by atoms with Gasteiger partial charge in [-0.05, 0) is 35.8 Å². The van der Waals surface area contributed by atoms with Gasteiger partial charge in [-0.25, -0.2) is 0 Å². The maximum Gasteiger partial charge on any atom is 0.142 e. The average Bonchev–Trinajstić information content (AvgIpc) is 2.82. The van der Waals surface area contributed by atoms with Crippen LogP contribution in [0.15, 0.2) is 24.4 Å². The summed E-state index contributed by atoms with van der Waals surface area (Å²) in [6, 6.07) is 6.33. The molecule has 19 heavy (non-hydrogen) atoms. The standard InChI is InChI=1S/C17H23NO/c1-17(2)10-5-4-8-14(17)13-11-18-16-12(13)7-6-9-15(16)19-3/h6-7,9,11,14,18H,4-5,8,10H2,1-3H3. The highest BCUT2D eigenvalue weighted by Gasteiger charge is 2.34. The molecular weight excluding hydrogens is 234 g/mol. The number of ether oxygens (including phenoxy) is 1. The molecule has 0 amide bonds. The quantitative estimate of drug-likeness (QED) is 0.816. The molecule has 3 rings (SSSR count). The fourth-order valence-electron chi connectivity index (χ4n) is 3.68. The smallest absolute Gasteiger partial charge is 0.142 e. The van der Waals surface area contributed by atoms with Gasteiger partial charge in [-0.3, -0.25) is 0 Å². The fraction of sp³-hybridized carbons (Fsp3) is 0.529. The fourth-order valence-corrected chi connectivity index (χ4v) is 3.68. The second-order valence-electron chi connectivity index (χ2n) is 6.41. The lowest BCUT2D eigenvalue weighted by molar-refractivity contribution is 0.201. The van der Waals surface area contributed by atoms with Crippen molar-refractivity contribution in [3.8, 4) is 5.75 Å². The summed E-state index contributed by atoms with van der Waals surface area (Å²) in [6.45, 7) is 4.83. The number of hydrogen-bond donors (Lipinski definition) is 1. The van der Waals surface area contributed by atoms with Crippen LogP contribution < -0.4 is 4.74 Å². The Balaban J connectivity index is 2.10. The number of benzene rings is 1. The van der Waals surface area contributed by atoms with Crippen molar-refractivity contribution in [2.75, 3.05) is 7.11 Å². The van der Waals surface area contributed by atoms with Crippen molar-refractivity contribution < 1.29 is 4.74 Å². The molecule has 2 nitrogen and oxygen atoms in total. The van der Waals surface area contributed by atoms with E-state index in [9.17, 15) is 0 Å². The molecule has 102 valence electrons. The molecule has 1 aromatic heterocycles. The lowest BCUT2D eigenvalue weighted by Crippen LogP contribution is -2.25. The molecule has 1 atom stereocenters. The van der Waals surface area contributed by atoms with E-state index >= 15 is 0 Å². The monoisotopic (exact) mass is 257 g/mol. The zero-order valence-electron chi connectivity index (χ0n) is 12.1. The van der Waals surface area contributed by atoms with Crippen LogP contribution >= 0.6 is 0 Å². The number of aromatic amines is 1. The molecule has 1 aromatic carbocycles. The molecule has 1 saturated carbocycles. The number of rotatable bonds is 2. The Morgan fingerprint density at radius 3 is 2.84 bits per heavy atom. The third-order valence-electron chi connectivity index (χ3n) is 4.81. The van der Waals surface area contributed by atoms with Crippen molar-refractivity contribution in [3.05, 3.63) is 30.0 Å². The van der Waals surface area contributed by atoms with Gasteiger partial charge in [-0.2, -0.15) is 0 Å². The summed E-state index contributed by atoms with van der Waals surface area (Å²) in [5.74, 6) is 1.60. The molecule has 0 saturated heterocycles. The Hall–Kier alpha value is -1.44. The Labute approximate surface area is 115 Å². The van der Waals surface area contributed by atoms with Crippen LogP contribution in [0.5, 0.6) is 5.75 Å². The molecule has 0 radical (unpaired) electrons. The second-order valence-corrected chi connectivity index (χ2v) is 6.41. The van der Waals surface area contributed by atoms with E-state index in [1.807, 2.05) is 6.07 Å². The number of fused-ring (bicyclic) bond motifs is 1. The molecule has 1 aliphatic carbocycles. The van der Waals surface area contributed by atoms with Crippen molar-refractivity contribution in [2.45, 2.75) is 45.4 Å². The van der Waals surface area contributed by atoms with Gasteiger partial charge in [-0.1, -0.05) is 38.8 Å². The maximum absolute atomic E-state index is 5.45. The van der Waals surface area contributed by atoms with Crippen LogP contribution in [0.1, 0.15) is 51.0 Å². The minimum atomic E-state index is 0.399. The molecule has 2 heteroatoms. The first-order valence-electron chi connectivity index (χ1n) is 7.27. The second kappa shape index (κ2) is 4.59. The third kappa shape index (κ3) is 2.03. The summed E-state index contributed by atoms with van der Waals surface area (Å²) in [7, 11) is 1.74. The first kappa shape index (κ1) is 12.6. The normalized spacial score (nSPS) is 22.6. The largest absolute Gasteiger partial charge is 0.495 e. The molecule has 1 heterocycles. The molecule has 0 aliphatic heterocycles. The predicted molar refractivity (Wildman–Crippen MR) is 79.8 cm³/mol. The first-order chi connectivity index (χ1) is 9.13. The number of hydrogen-bond acceptors (Lipinski definition) is 1. The van der Waals surface area contributed by atoms with Crippen molar-refractivity contribution in [1.29, 1.82) is 0 Å². The zero-order valence-corrected chi connectivity index (χ0v) is 12.1. The van der Waals surface area contributed by atoms with Crippen LogP contribution in [-0.2, 0) is 0 Å². The molecule has 0 spiro atoms. The van der Waals surface area contributed by atoms with Crippen LogP contribution in [0.4, 0.5) is 0 Å². The Morgan fingerprint density at radius 2 is 2.11 bits per heavy atom. The number of H-pyrrole nitrogens is 1. The third-order valence-corrected chi connectivity index (χ3v) is 4.81. The average molecular weight is 257 g/mol. The summed E-state index contributed by atoms with van der Waals surface area (Å²) in [5, 5.41) is 1.33. The number of para-hydroxylation sites is 1. The van der Waals surface area contributed by atoms with Crippen molar-refractivity contribution in [2.24, 2.45) is 5.41 Å². The van der Waals surface area contributed by atoms with Gasteiger partial charge in [0.25, 0.3) is 0 Å². The Morgan fingerprint density at radius 1 is 1.26 bits per heavy atom. The number of nitrogens with one attached hydrogen (secondary N) is 1. The van der Waals surface area contributed by atoms with Gasteiger partial charge in [0.15, 0.2) is 0 Å². The molecule has 1 unspecified atom stereocenters. The summed E-state index contributed by atoms with van der Waals surface area (Å²) in [6.07, 6.45) is 7.55. The van der Waals surface area contributed by atoms with E-state index in [1.54, 1.807) is 7.11 Å². The van der Waals surface area contributed by atoms with E-state index in [2.05, 4.69) is 37.2 Å². The van der Waals surface area contributed by atoms with E-state index in [4.69, 9.17) is 4.74 Å². The predicted octanol–water partition coefficient (Wildman–Crippen LogP) is 4.86. The molecule has 1 fully saturated rings. The molecule has 0 bridgehead atoms. The van der Waals surface area contributed by atoms with E-state index in [0.29, 0.717) is 11.3 Å². The van der Waals surface area contributed by atoms with E-state index in [-0.39, 0.29) is 0 Å². The summed E-state index contributed by atoms with van der Waals surface area (Å²) in [4.78, 5) is 3.42. The highest BCUT2D eigenvalue weighted by Crippen LogP contribution is 2.48. The zero-order chi connectivity index (χ0) is 13.5. The van der Waals surface area contributed by atoms with Gasteiger partial charge in [0.1, 0.15) is 5.75 Å². The van der Waals surface area contributed by atoms with E-state index in [1.165, 1.54) is 36.6 Å². The number of aromatic nitrogens is 1. The number of methoxy groups -OCH3 is 1. The Bertz CT molecular complexity index is 582. The molecule has 1 N–H and O–H groups in total. The first-order valence-corrected chi connectivity index (χ1v) is 7.27. The summed E-state index contributed by atoms with van der Waals surface area (Å²) in [5.41, 5.74) is 3.01. The van der Waals surface area contributed by atoms with Gasteiger partial charge >= 0.3 is 0 Å². The topological polar surface area (TPSA) is 25.0 Å². The molecule has 1 aliphatic rings. The summed E-state index contributed by atoms with van der Waals surface area (Å²) < 4.78 is 5.45. The summed E-state index contributed by atoms with van der Waals surface area (Å²) >= 11 is 0.